The summed E-state index contributed by atoms with van der Waals surface area (Å²) in [5.41, 5.74) is 0.916. The smallest absolute Gasteiger partial charge is 0.331 e. The summed E-state index contributed by atoms with van der Waals surface area (Å²) in [5.74, 6) is 0.483. The highest BCUT2D eigenvalue weighted by Crippen LogP contribution is 2.16. The average Bonchev–Trinajstić information content (AvgIpc) is 2.36. The molecule has 0 fully saturated rings. The van der Waals surface area contributed by atoms with E-state index in [9.17, 15) is 4.79 Å². The molecule has 0 N–H and O–H groups in total. The van der Waals surface area contributed by atoms with Gasteiger partial charge in [0.05, 0.1) is 12.2 Å². The highest BCUT2D eigenvalue weighted by Gasteiger charge is 2.03. The first kappa shape index (κ1) is 15.3. The van der Waals surface area contributed by atoms with Crippen molar-refractivity contribution in [3.05, 3.63) is 35.9 Å². The van der Waals surface area contributed by atoms with Gasteiger partial charge in [-0.2, -0.15) is 0 Å². The summed E-state index contributed by atoms with van der Waals surface area (Å²) in [6, 6.07) is 7.61. The first-order chi connectivity index (χ1) is 9.01. The Morgan fingerprint density at radius 2 is 2.05 bits per heavy atom. The lowest BCUT2D eigenvalue weighted by molar-refractivity contribution is -0.142. The second kappa shape index (κ2) is 7.62. The molecule has 0 amide bonds. The molecule has 0 bridgehead atoms. The highest BCUT2D eigenvalue weighted by molar-refractivity contribution is 5.87. The van der Waals surface area contributed by atoms with Crippen molar-refractivity contribution in [2.45, 2.75) is 46.3 Å². The van der Waals surface area contributed by atoms with Crippen LogP contribution < -0.4 is 4.74 Å². The molecule has 0 aliphatic carbocycles. The SMILES string of the molecule is CCC(C)OC(=O)/C=C/c1cccc(OC(C)C)c1. The summed E-state index contributed by atoms with van der Waals surface area (Å²) in [5, 5.41) is 0. The van der Waals surface area contributed by atoms with E-state index in [1.54, 1.807) is 6.08 Å². The second-order valence-electron chi connectivity index (χ2n) is 4.73. The molecule has 0 radical (unpaired) electrons. The molecule has 0 spiro atoms. The Morgan fingerprint density at radius 1 is 1.32 bits per heavy atom. The van der Waals surface area contributed by atoms with Crippen molar-refractivity contribution in [3.63, 3.8) is 0 Å². The minimum Gasteiger partial charge on any atom is -0.491 e. The van der Waals surface area contributed by atoms with Crippen molar-refractivity contribution in [1.82, 2.24) is 0 Å². The number of rotatable bonds is 6. The van der Waals surface area contributed by atoms with Crippen LogP contribution in [0.3, 0.4) is 0 Å². The molecule has 0 aliphatic rings. The van der Waals surface area contributed by atoms with E-state index in [2.05, 4.69) is 0 Å². The van der Waals surface area contributed by atoms with Gasteiger partial charge in [0.2, 0.25) is 0 Å². The molecule has 1 unspecified atom stereocenters. The van der Waals surface area contributed by atoms with Crippen LogP contribution in [-0.2, 0) is 9.53 Å². The first-order valence-electron chi connectivity index (χ1n) is 6.66. The van der Waals surface area contributed by atoms with E-state index >= 15 is 0 Å². The maximum atomic E-state index is 11.5. The van der Waals surface area contributed by atoms with Gasteiger partial charge in [-0.05, 0) is 51.0 Å². The summed E-state index contributed by atoms with van der Waals surface area (Å²) >= 11 is 0. The number of ether oxygens (including phenoxy) is 2. The van der Waals surface area contributed by atoms with Crippen molar-refractivity contribution in [1.29, 1.82) is 0 Å². The Kier molecular flexibility index (Phi) is 6.13. The number of hydrogen-bond donors (Lipinski definition) is 0. The van der Waals surface area contributed by atoms with Gasteiger partial charge >= 0.3 is 5.97 Å². The van der Waals surface area contributed by atoms with E-state index < -0.39 is 0 Å². The van der Waals surface area contributed by atoms with E-state index in [0.717, 1.165) is 17.7 Å². The van der Waals surface area contributed by atoms with E-state index in [-0.39, 0.29) is 18.2 Å². The monoisotopic (exact) mass is 262 g/mol. The maximum absolute atomic E-state index is 11.5. The van der Waals surface area contributed by atoms with Crippen molar-refractivity contribution in [2.75, 3.05) is 0 Å². The molecule has 0 aromatic heterocycles. The number of carbonyl (C=O) groups excluding carboxylic acids is 1. The minimum atomic E-state index is -0.315. The molecule has 1 rings (SSSR count). The Hall–Kier alpha value is -1.77. The molecule has 1 aromatic rings. The van der Waals surface area contributed by atoms with Gasteiger partial charge in [0.15, 0.2) is 0 Å². The van der Waals surface area contributed by atoms with Gasteiger partial charge in [-0.3, -0.25) is 0 Å². The first-order valence-corrected chi connectivity index (χ1v) is 6.66. The zero-order chi connectivity index (χ0) is 14.3. The zero-order valence-corrected chi connectivity index (χ0v) is 12.1. The predicted octanol–water partition coefficient (Wildman–Crippen LogP) is 3.83. The van der Waals surface area contributed by atoms with Gasteiger partial charge in [-0.25, -0.2) is 4.79 Å². The van der Waals surface area contributed by atoms with Crippen LogP contribution in [0.2, 0.25) is 0 Å². The Morgan fingerprint density at radius 3 is 2.68 bits per heavy atom. The third-order valence-electron chi connectivity index (χ3n) is 2.53. The van der Waals surface area contributed by atoms with Gasteiger partial charge in [-0.1, -0.05) is 19.1 Å². The van der Waals surface area contributed by atoms with E-state index in [0.29, 0.717) is 0 Å². The van der Waals surface area contributed by atoms with Crippen LogP contribution >= 0.6 is 0 Å². The van der Waals surface area contributed by atoms with Crippen molar-refractivity contribution in [3.8, 4) is 5.75 Å². The molecule has 3 nitrogen and oxygen atoms in total. The van der Waals surface area contributed by atoms with Crippen LogP contribution in [0.15, 0.2) is 30.3 Å². The minimum absolute atomic E-state index is 0.0484. The molecular formula is C16H22O3. The Labute approximate surface area is 115 Å². The van der Waals surface area contributed by atoms with Gasteiger partial charge in [0.25, 0.3) is 0 Å². The van der Waals surface area contributed by atoms with Gasteiger partial charge < -0.3 is 9.47 Å². The number of esters is 1. The average molecular weight is 262 g/mol. The van der Waals surface area contributed by atoms with Gasteiger partial charge in [-0.15, -0.1) is 0 Å². The van der Waals surface area contributed by atoms with Crippen LogP contribution in [-0.4, -0.2) is 18.2 Å². The van der Waals surface area contributed by atoms with E-state index in [1.165, 1.54) is 6.08 Å². The molecular weight excluding hydrogens is 240 g/mol. The van der Waals surface area contributed by atoms with E-state index in [4.69, 9.17) is 9.47 Å². The predicted molar refractivity (Wildman–Crippen MR) is 77.1 cm³/mol. The van der Waals surface area contributed by atoms with Crippen LogP contribution in [0, 0.1) is 0 Å². The number of benzene rings is 1. The van der Waals surface area contributed by atoms with Crippen LogP contribution in [0.4, 0.5) is 0 Å². The van der Waals surface area contributed by atoms with Crippen LogP contribution in [0.5, 0.6) is 5.75 Å². The standard InChI is InChI=1S/C16H22O3/c1-5-13(4)19-16(17)10-9-14-7-6-8-15(11-14)18-12(2)3/h6-13H,5H2,1-4H3/b10-9+. The normalized spacial score (nSPS) is 12.7. The number of carbonyl (C=O) groups is 1. The lowest BCUT2D eigenvalue weighted by Gasteiger charge is -2.10. The quantitative estimate of drug-likeness (QED) is 0.577. The van der Waals surface area contributed by atoms with Crippen molar-refractivity contribution in [2.24, 2.45) is 0 Å². The summed E-state index contributed by atoms with van der Waals surface area (Å²) in [6.45, 7) is 7.81. The summed E-state index contributed by atoms with van der Waals surface area (Å²) in [7, 11) is 0. The summed E-state index contributed by atoms with van der Waals surface area (Å²) < 4.78 is 10.8. The highest BCUT2D eigenvalue weighted by atomic mass is 16.5. The topological polar surface area (TPSA) is 35.5 Å². The van der Waals surface area contributed by atoms with E-state index in [1.807, 2.05) is 52.0 Å². The fourth-order valence-corrected chi connectivity index (χ4v) is 1.45. The van der Waals surface area contributed by atoms with Crippen molar-refractivity contribution >= 4 is 12.0 Å². The molecule has 0 heterocycles. The lowest BCUT2D eigenvalue weighted by atomic mass is 10.2. The zero-order valence-electron chi connectivity index (χ0n) is 12.1. The fraction of sp³-hybridized carbons (Fsp3) is 0.438. The molecule has 104 valence electrons. The van der Waals surface area contributed by atoms with Crippen LogP contribution in [0.1, 0.15) is 39.7 Å². The molecule has 0 saturated carbocycles. The molecule has 3 heteroatoms. The maximum Gasteiger partial charge on any atom is 0.331 e. The molecule has 1 aromatic carbocycles. The third kappa shape index (κ3) is 6.09. The molecule has 0 saturated heterocycles. The van der Waals surface area contributed by atoms with Gasteiger partial charge in [0.1, 0.15) is 5.75 Å². The molecule has 19 heavy (non-hydrogen) atoms. The van der Waals surface area contributed by atoms with Crippen molar-refractivity contribution < 1.29 is 14.3 Å². The number of hydrogen-bond acceptors (Lipinski definition) is 3. The fourth-order valence-electron chi connectivity index (χ4n) is 1.45. The lowest BCUT2D eigenvalue weighted by Crippen LogP contribution is -2.11. The van der Waals surface area contributed by atoms with Gasteiger partial charge in [0, 0.05) is 6.08 Å². The Balaban J connectivity index is 2.63. The second-order valence-corrected chi connectivity index (χ2v) is 4.73. The Bertz CT molecular complexity index is 435. The summed E-state index contributed by atoms with van der Waals surface area (Å²) in [4.78, 5) is 11.5. The molecule has 1 atom stereocenters. The largest absolute Gasteiger partial charge is 0.491 e. The summed E-state index contributed by atoms with van der Waals surface area (Å²) in [6.07, 6.45) is 4.08. The third-order valence-corrected chi connectivity index (χ3v) is 2.53. The molecule has 0 aliphatic heterocycles. The van der Waals surface area contributed by atoms with Crippen LogP contribution in [0.25, 0.3) is 6.08 Å².